The molecule has 0 amide bonds. The largest absolute Gasteiger partial charge is 0.493 e. The molecule has 0 fully saturated rings. The lowest BCUT2D eigenvalue weighted by molar-refractivity contribution is 0.311. The Morgan fingerprint density at radius 1 is 1.35 bits per heavy atom. The molecular weight excluding hydrogens is 214 g/mol. The second-order valence-electron chi connectivity index (χ2n) is 3.78. The standard InChI is InChI=1S/C14H21NO2/c1-5-17-14-10-12(7-6-11(2)15-3)8-9-13(14)16-4/h6-11,15H,5H2,1-4H3/b7-6+. The Bertz CT molecular complexity index is 374. The molecule has 0 aliphatic heterocycles. The first-order valence-corrected chi connectivity index (χ1v) is 5.87. The van der Waals surface area contributed by atoms with Gasteiger partial charge in [-0.1, -0.05) is 18.2 Å². The molecule has 17 heavy (non-hydrogen) atoms. The molecule has 0 aliphatic rings. The van der Waals surface area contributed by atoms with E-state index in [0.29, 0.717) is 12.6 Å². The third-order valence-corrected chi connectivity index (χ3v) is 2.52. The monoisotopic (exact) mass is 235 g/mol. The molecule has 0 radical (unpaired) electrons. The van der Waals surface area contributed by atoms with Gasteiger partial charge in [0, 0.05) is 6.04 Å². The van der Waals surface area contributed by atoms with Crippen molar-refractivity contribution in [2.75, 3.05) is 20.8 Å². The molecule has 0 heterocycles. The molecule has 0 aromatic heterocycles. The molecule has 0 saturated heterocycles. The number of rotatable bonds is 6. The van der Waals surface area contributed by atoms with Crippen molar-refractivity contribution in [3.8, 4) is 11.5 Å². The van der Waals surface area contributed by atoms with Crippen LogP contribution in [0, 0.1) is 0 Å². The van der Waals surface area contributed by atoms with E-state index >= 15 is 0 Å². The topological polar surface area (TPSA) is 30.5 Å². The lowest BCUT2D eigenvalue weighted by atomic mass is 10.1. The van der Waals surface area contributed by atoms with Gasteiger partial charge in [0.05, 0.1) is 13.7 Å². The number of methoxy groups -OCH3 is 1. The summed E-state index contributed by atoms with van der Waals surface area (Å²) >= 11 is 0. The average molecular weight is 235 g/mol. The summed E-state index contributed by atoms with van der Waals surface area (Å²) in [6, 6.07) is 6.28. The number of nitrogens with one attached hydrogen (secondary N) is 1. The molecule has 0 bridgehead atoms. The van der Waals surface area contributed by atoms with Crippen LogP contribution in [0.5, 0.6) is 11.5 Å². The third-order valence-electron chi connectivity index (χ3n) is 2.52. The Morgan fingerprint density at radius 3 is 2.71 bits per heavy atom. The maximum Gasteiger partial charge on any atom is 0.161 e. The Hall–Kier alpha value is -1.48. The second-order valence-corrected chi connectivity index (χ2v) is 3.78. The van der Waals surface area contributed by atoms with Gasteiger partial charge >= 0.3 is 0 Å². The third kappa shape index (κ3) is 4.11. The van der Waals surface area contributed by atoms with Gasteiger partial charge in [0.2, 0.25) is 0 Å². The van der Waals surface area contributed by atoms with Crippen molar-refractivity contribution in [1.29, 1.82) is 0 Å². The van der Waals surface area contributed by atoms with E-state index in [9.17, 15) is 0 Å². The van der Waals surface area contributed by atoms with Gasteiger partial charge in [0.1, 0.15) is 0 Å². The summed E-state index contributed by atoms with van der Waals surface area (Å²) in [6.45, 7) is 4.70. The summed E-state index contributed by atoms with van der Waals surface area (Å²) in [6.07, 6.45) is 4.18. The number of benzene rings is 1. The number of hydrogen-bond donors (Lipinski definition) is 1. The van der Waals surface area contributed by atoms with E-state index in [2.05, 4.69) is 24.4 Å². The summed E-state index contributed by atoms with van der Waals surface area (Å²) in [5.41, 5.74) is 1.11. The van der Waals surface area contributed by atoms with Crippen LogP contribution >= 0.6 is 0 Å². The van der Waals surface area contributed by atoms with Crippen LogP contribution in [0.3, 0.4) is 0 Å². The molecule has 1 aromatic carbocycles. The number of hydrogen-bond acceptors (Lipinski definition) is 3. The molecule has 0 saturated carbocycles. The predicted molar refractivity (Wildman–Crippen MR) is 71.7 cm³/mol. The van der Waals surface area contributed by atoms with Gasteiger partial charge in [0.15, 0.2) is 11.5 Å². The van der Waals surface area contributed by atoms with Crippen molar-refractivity contribution in [2.45, 2.75) is 19.9 Å². The molecule has 94 valence electrons. The van der Waals surface area contributed by atoms with Gasteiger partial charge in [0.25, 0.3) is 0 Å². The van der Waals surface area contributed by atoms with Crippen LogP contribution in [0.1, 0.15) is 19.4 Å². The Balaban J connectivity index is 2.87. The minimum absolute atomic E-state index is 0.354. The highest BCUT2D eigenvalue weighted by atomic mass is 16.5. The minimum Gasteiger partial charge on any atom is -0.493 e. The first kappa shape index (κ1) is 13.6. The van der Waals surface area contributed by atoms with Gasteiger partial charge in [-0.3, -0.25) is 0 Å². The lowest BCUT2D eigenvalue weighted by Crippen LogP contribution is -2.17. The highest BCUT2D eigenvalue weighted by Gasteiger charge is 2.03. The molecule has 1 aromatic rings. The quantitative estimate of drug-likeness (QED) is 0.822. The zero-order valence-corrected chi connectivity index (χ0v) is 11.0. The highest BCUT2D eigenvalue weighted by Crippen LogP contribution is 2.28. The fraction of sp³-hybridized carbons (Fsp3) is 0.429. The summed E-state index contributed by atoms with van der Waals surface area (Å²) in [7, 11) is 3.59. The molecule has 0 spiro atoms. The molecule has 3 heteroatoms. The van der Waals surface area contributed by atoms with Gasteiger partial charge < -0.3 is 14.8 Å². The van der Waals surface area contributed by atoms with Gasteiger partial charge in [-0.15, -0.1) is 0 Å². The van der Waals surface area contributed by atoms with Gasteiger partial charge in [-0.2, -0.15) is 0 Å². The molecule has 1 N–H and O–H groups in total. The van der Waals surface area contributed by atoms with Gasteiger partial charge in [-0.05, 0) is 38.6 Å². The molecule has 1 unspecified atom stereocenters. The van der Waals surface area contributed by atoms with E-state index in [-0.39, 0.29) is 0 Å². The van der Waals surface area contributed by atoms with E-state index in [1.807, 2.05) is 32.2 Å². The first-order valence-electron chi connectivity index (χ1n) is 5.87. The summed E-state index contributed by atoms with van der Waals surface area (Å²) < 4.78 is 10.8. The Kier molecular flexibility index (Phi) is 5.57. The lowest BCUT2D eigenvalue weighted by Gasteiger charge is -2.10. The van der Waals surface area contributed by atoms with E-state index in [0.717, 1.165) is 17.1 Å². The van der Waals surface area contributed by atoms with Crippen LogP contribution in [0.4, 0.5) is 0 Å². The van der Waals surface area contributed by atoms with E-state index in [1.165, 1.54) is 0 Å². The summed E-state index contributed by atoms with van der Waals surface area (Å²) in [5.74, 6) is 1.56. The predicted octanol–water partition coefficient (Wildman–Crippen LogP) is 2.72. The zero-order chi connectivity index (χ0) is 12.7. The summed E-state index contributed by atoms with van der Waals surface area (Å²) in [5, 5.41) is 3.15. The fourth-order valence-electron chi connectivity index (χ4n) is 1.42. The summed E-state index contributed by atoms with van der Waals surface area (Å²) in [4.78, 5) is 0. The van der Waals surface area contributed by atoms with Crippen molar-refractivity contribution in [3.63, 3.8) is 0 Å². The first-order chi connectivity index (χ1) is 8.21. The van der Waals surface area contributed by atoms with E-state index in [4.69, 9.17) is 9.47 Å². The Morgan fingerprint density at radius 2 is 2.12 bits per heavy atom. The normalized spacial score (nSPS) is 12.7. The average Bonchev–Trinajstić information content (AvgIpc) is 2.36. The highest BCUT2D eigenvalue weighted by molar-refractivity contribution is 5.56. The zero-order valence-electron chi connectivity index (χ0n) is 11.0. The smallest absolute Gasteiger partial charge is 0.161 e. The molecular formula is C14H21NO2. The maximum absolute atomic E-state index is 5.53. The minimum atomic E-state index is 0.354. The van der Waals surface area contributed by atoms with Crippen LogP contribution < -0.4 is 14.8 Å². The van der Waals surface area contributed by atoms with Crippen molar-refractivity contribution in [2.24, 2.45) is 0 Å². The molecule has 0 aliphatic carbocycles. The molecule has 3 nitrogen and oxygen atoms in total. The van der Waals surface area contributed by atoms with E-state index < -0.39 is 0 Å². The van der Waals surface area contributed by atoms with E-state index in [1.54, 1.807) is 7.11 Å². The number of likely N-dealkylation sites (N-methyl/N-ethyl adjacent to an activating group) is 1. The second kappa shape index (κ2) is 6.97. The van der Waals surface area contributed by atoms with Crippen LogP contribution in [-0.4, -0.2) is 26.8 Å². The SMILES string of the molecule is CCOc1cc(/C=C/C(C)NC)ccc1OC. The van der Waals surface area contributed by atoms with Crippen LogP contribution in [0.25, 0.3) is 6.08 Å². The Labute approximate surface area is 103 Å². The van der Waals surface area contributed by atoms with Crippen LogP contribution in [0.15, 0.2) is 24.3 Å². The van der Waals surface area contributed by atoms with Crippen molar-refractivity contribution in [1.82, 2.24) is 5.32 Å². The van der Waals surface area contributed by atoms with Gasteiger partial charge in [-0.25, -0.2) is 0 Å². The maximum atomic E-state index is 5.53. The van der Waals surface area contributed by atoms with Crippen LogP contribution in [0.2, 0.25) is 0 Å². The van der Waals surface area contributed by atoms with Crippen molar-refractivity contribution < 1.29 is 9.47 Å². The fourth-order valence-corrected chi connectivity index (χ4v) is 1.42. The molecule has 1 rings (SSSR count). The van der Waals surface area contributed by atoms with Crippen LogP contribution in [-0.2, 0) is 0 Å². The number of ether oxygens (including phenoxy) is 2. The van der Waals surface area contributed by atoms with Crippen molar-refractivity contribution in [3.05, 3.63) is 29.8 Å². The van der Waals surface area contributed by atoms with Crippen molar-refractivity contribution >= 4 is 6.08 Å². The molecule has 1 atom stereocenters.